The lowest BCUT2D eigenvalue weighted by Crippen LogP contribution is -2.42. The Morgan fingerprint density at radius 3 is 2.54 bits per heavy atom. The molecule has 0 atom stereocenters. The van der Waals surface area contributed by atoms with Crippen LogP contribution in [0.5, 0.6) is 0 Å². The summed E-state index contributed by atoms with van der Waals surface area (Å²) in [6, 6.07) is 8.73. The fraction of sp³-hybridized carbons (Fsp3) is 0.583. The van der Waals surface area contributed by atoms with E-state index in [1.165, 1.54) is 62.5 Å². The van der Waals surface area contributed by atoms with Gasteiger partial charge in [0, 0.05) is 23.1 Å². The lowest BCUT2D eigenvalue weighted by Gasteiger charge is -2.43. The molecule has 0 aliphatic heterocycles. The van der Waals surface area contributed by atoms with Gasteiger partial charge in [0.2, 0.25) is 0 Å². The van der Waals surface area contributed by atoms with Gasteiger partial charge in [-0.2, -0.15) is 0 Å². The molecule has 3 nitrogen and oxygen atoms in total. The van der Waals surface area contributed by atoms with E-state index in [4.69, 9.17) is 12.2 Å². The highest BCUT2D eigenvalue weighted by Gasteiger charge is 2.43. The van der Waals surface area contributed by atoms with Crippen molar-refractivity contribution in [2.75, 3.05) is 0 Å². The van der Waals surface area contributed by atoms with Crippen molar-refractivity contribution in [3.63, 3.8) is 0 Å². The number of fused-ring (bicyclic) bond motifs is 4. The summed E-state index contributed by atoms with van der Waals surface area (Å²) in [7, 11) is 0. The van der Waals surface area contributed by atoms with Crippen molar-refractivity contribution in [2.24, 2.45) is 5.92 Å². The maximum Gasteiger partial charge on any atom is 0.256 e. The summed E-state index contributed by atoms with van der Waals surface area (Å²) in [5, 5.41) is 0. The lowest BCUT2D eigenvalue weighted by molar-refractivity contribution is 0.279. The lowest BCUT2D eigenvalue weighted by atomic mass is 9.62. The van der Waals surface area contributed by atoms with Crippen LogP contribution in [0.3, 0.4) is 0 Å². The van der Waals surface area contributed by atoms with Gasteiger partial charge in [-0.3, -0.25) is 9.78 Å². The standard InChI is InChI=1S/C24H30N2OS/c27-22-20-21(26(23(28)25-22)16-17-9-3-1-4-10-17)19-12-6-5-11-18(19)15-24(20)13-7-2-8-14-24/h5-6,11-12,17H,1-4,7-10,13-16H2,(H,25,27,28). The number of aromatic nitrogens is 2. The van der Waals surface area contributed by atoms with E-state index in [2.05, 4.69) is 33.8 Å². The minimum Gasteiger partial charge on any atom is -0.317 e. The van der Waals surface area contributed by atoms with Gasteiger partial charge in [0.1, 0.15) is 0 Å². The zero-order valence-electron chi connectivity index (χ0n) is 16.6. The van der Waals surface area contributed by atoms with Crippen molar-refractivity contribution in [2.45, 2.75) is 82.6 Å². The van der Waals surface area contributed by atoms with Gasteiger partial charge in [0.05, 0.1) is 5.69 Å². The normalized spacial score (nSPS) is 21.3. The molecular weight excluding hydrogens is 364 g/mol. The number of aromatic amines is 1. The molecule has 1 spiro atoms. The Morgan fingerprint density at radius 1 is 1.04 bits per heavy atom. The van der Waals surface area contributed by atoms with E-state index in [1.54, 1.807) is 0 Å². The molecule has 1 aromatic carbocycles. The van der Waals surface area contributed by atoms with Gasteiger partial charge in [0.25, 0.3) is 5.56 Å². The molecule has 1 N–H and O–H groups in total. The number of hydrogen-bond acceptors (Lipinski definition) is 2. The number of nitrogens with zero attached hydrogens (tertiary/aromatic N) is 1. The number of hydrogen-bond donors (Lipinski definition) is 1. The van der Waals surface area contributed by atoms with Crippen molar-refractivity contribution in [3.8, 4) is 11.3 Å². The van der Waals surface area contributed by atoms with E-state index in [1.807, 2.05) is 0 Å². The minimum absolute atomic E-state index is 0.00708. The van der Waals surface area contributed by atoms with Crippen LogP contribution < -0.4 is 5.56 Å². The van der Waals surface area contributed by atoms with E-state index in [0.29, 0.717) is 10.7 Å². The molecule has 0 bridgehead atoms. The highest BCUT2D eigenvalue weighted by Crippen LogP contribution is 2.49. The first kappa shape index (κ1) is 18.4. The topological polar surface area (TPSA) is 37.8 Å². The van der Waals surface area contributed by atoms with Crippen LogP contribution in [0, 0.1) is 10.7 Å². The molecule has 0 unspecified atom stereocenters. The molecule has 0 radical (unpaired) electrons. The van der Waals surface area contributed by atoms with E-state index in [9.17, 15) is 4.79 Å². The van der Waals surface area contributed by atoms with Crippen LogP contribution in [0.25, 0.3) is 11.3 Å². The quantitative estimate of drug-likeness (QED) is 0.643. The van der Waals surface area contributed by atoms with Gasteiger partial charge in [-0.15, -0.1) is 0 Å². The first-order chi connectivity index (χ1) is 13.7. The third-order valence-corrected chi connectivity index (χ3v) is 7.83. The van der Waals surface area contributed by atoms with Crippen LogP contribution in [-0.2, 0) is 18.4 Å². The van der Waals surface area contributed by atoms with E-state index in [-0.39, 0.29) is 11.0 Å². The smallest absolute Gasteiger partial charge is 0.256 e. The number of H-pyrrole nitrogens is 1. The average Bonchev–Trinajstić information content (AvgIpc) is 2.71. The summed E-state index contributed by atoms with van der Waals surface area (Å²) in [4.78, 5) is 16.4. The van der Waals surface area contributed by atoms with Gasteiger partial charge >= 0.3 is 0 Å². The molecule has 28 heavy (non-hydrogen) atoms. The van der Waals surface area contributed by atoms with Crippen LogP contribution in [0.1, 0.15) is 75.3 Å². The second kappa shape index (κ2) is 7.29. The van der Waals surface area contributed by atoms with Gasteiger partial charge in [0.15, 0.2) is 4.77 Å². The Bertz CT molecular complexity index is 990. The highest BCUT2D eigenvalue weighted by atomic mass is 32.1. The molecule has 2 aromatic rings. The predicted molar refractivity (Wildman–Crippen MR) is 116 cm³/mol. The highest BCUT2D eigenvalue weighted by molar-refractivity contribution is 7.71. The molecule has 1 aromatic heterocycles. The molecule has 3 aliphatic rings. The Kier molecular flexibility index (Phi) is 4.78. The summed E-state index contributed by atoms with van der Waals surface area (Å²) in [5.74, 6) is 0.673. The molecule has 148 valence electrons. The third-order valence-electron chi connectivity index (χ3n) is 7.51. The molecule has 4 heteroatoms. The first-order valence-corrected chi connectivity index (χ1v) is 11.5. The van der Waals surface area contributed by atoms with Gasteiger partial charge in [-0.25, -0.2) is 0 Å². The monoisotopic (exact) mass is 394 g/mol. The zero-order valence-corrected chi connectivity index (χ0v) is 17.5. The molecule has 0 amide bonds. The van der Waals surface area contributed by atoms with E-state index >= 15 is 0 Å². The minimum atomic E-state index is -0.00708. The third kappa shape index (κ3) is 3.01. The molecule has 5 rings (SSSR count). The maximum absolute atomic E-state index is 13.3. The average molecular weight is 395 g/mol. The van der Waals surface area contributed by atoms with Crippen LogP contribution in [0.15, 0.2) is 29.1 Å². The SMILES string of the molecule is O=c1[nH]c(=S)n(CC2CCCCC2)c2c1C1(CCCCC1)Cc1ccccc1-2. The van der Waals surface area contributed by atoms with Crippen molar-refractivity contribution < 1.29 is 0 Å². The van der Waals surface area contributed by atoms with Gasteiger partial charge in [-0.1, -0.05) is 62.8 Å². The fourth-order valence-corrected chi connectivity index (χ4v) is 6.42. The molecule has 2 fully saturated rings. The van der Waals surface area contributed by atoms with Crippen molar-refractivity contribution in [1.82, 2.24) is 9.55 Å². The van der Waals surface area contributed by atoms with Crippen molar-refractivity contribution >= 4 is 12.2 Å². The van der Waals surface area contributed by atoms with Crippen molar-refractivity contribution in [3.05, 3.63) is 50.5 Å². The van der Waals surface area contributed by atoms with E-state index < -0.39 is 0 Å². The van der Waals surface area contributed by atoms with E-state index in [0.717, 1.165) is 37.1 Å². The predicted octanol–water partition coefficient (Wildman–Crippen LogP) is 5.91. The Balaban J connectivity index is 1.73. The number of benzene rings is 1. The Hall–Kier alpha value is -1.68. The van der Waals surface area contributed by atoms with Crippen LogP contribution in [-0.4, -0.2) is 9.55 Å². The first-order valence-electron chi connectivity index (χ1n) is 11.1. The summed E-state index contributed by atoms with van der Waals surface area (Å²) in [5.41, 5.74) is 4.87. The zero-order chi connectivity index (χ0) is 19.1. The van der Waals surface area contributed by atoms with Crippen molar-refractivity contribution in [1.29, 1.82) is 0 Å². The largest absolute Gasteiger partial charge is 0.317 e. The van der Waals surface area contributed by atoms with Gasteiger partial charge in [-0.05, 0) is 55.8 Å². The second-order valence-corrected chi connectivity index (χ2v) is 9.66. The Labute approximate surface area is 172 Å². The molecule has 1 heterocycles. The van der Waals surface area contributed by atoms with Crippen LogP contribution in [0.4, 0.5) is 0 Å². The maximum atomic E-state index is 13.3. The number of rotatable bonds is 2. The second-order valence-electron chi connectivity index (χ2n) is 9.27. The molecule has 0 saturated heterocycles. The van der Waals surface area contributed by atoms with Gasteiger partial charge < -0.3 is 4.57 Å². The summed E-state index contributed by atoms with van der Waals surface area (Å²) in [6.45, 7) is 0.947. The molecule has 3 aliphatic carbocycles. The molecular formula is C24H30N2OS. The summed E-state index contributed by atoms with van der Waals surface area (Å²) < 4.78 is 2.91. The summed E-state index contributed by atoms with van der Waals surface area (Å²) >= 11 is 5.72. The number of nitrogens with one attached hydrogen (secondary N) is 1. The van der Waals surface area contributed by atoms with Crippen LogP contribution in [0.2, 0.25) is 0 Å². The Morgan fingerprint density at radius 2 is 1.75 bits per heavy atom. The summed E-state index contributed by atoms with van der Waals surface area (Å²) in [6.07, 6.45) is 13.5. The fourth-order valence-electron chi connectivity index (χ4n) is 6.16. The van der Waals surface area contributed by atoms with Crippen LogP contribution >= 0.6 is 12.2 Å². The molecule has 2 saturated carbocycles.